The van der Waals surface area contributed by atoms with E-state index in [1.165, 1.54) is 51.4 Å². The fourth-order valence-electron chi connectivity index (χ4n) is 11.9. The van der Waals surface area contributed by atoms with E-state index in [2.05, 4.69) is 47.6 Å². The van der Waals surface area contributed by atoms with E-state index in [0.717, 1.165) is 110 Å². The van der Waals surface area contributed by atoms with Crippen molar-refractivity contribution >= 4 is 11.9 Å². The molecule has 0 heterocycles. The molecule has 0 N–H and O–H groups in total. The second-order valence-corrected chi connectivity index (χ2v) is 19.2. The molecule has 5 nitrogen and oxygen atoms in total. The minimum atomic E-state index is -0.263. The standard InChI is InChI=1S/C51H74O5/c1-7-8-11-34-55-49(53)40-19-17-38(18-20-40)39-21-24-42(25-22-39)54-33-12-9-10-16-48(52)56-43-29-31-50(5)41(35-43)23-26-44-46-28-27-45(37(4)15-13-14-36(2)3)51(46,6)32-30-47(44)50/h17-25,36-37,43-47H,7-16,26-35H2,1-6H3/t37-,43?,44+,45-,46+,47+,50+,51-/m1/s1. The summed E-state index contributed by atoms with van der Waals surface area (Å²) in [4.78, 5) is 25.2. The summed E-state index contributed by atoms with van der Waals surface area (Å²) in [5, 5.41) is 0. The lowest BCUT2D eigenvalue weighted by atomic mass is 9.47. The quantitative estimate of drug-likeness (QED) is 0.0809. The zero-order valence-corrected chi connectivity index (χ0v) is 35.9. The van der Waals surface area contributed by atoms with Gasteiger partial charge in [-0.15, -0.1) is 0 Å². The molecule has 0 saturated heterocycles. The Morgan fingerprint density at radius 2 is 1.50 bits per heavy atom. The van der Waals surface area contributed by atoms with Crippen molar-refractivity contribution in [1.82, 2.24) is 0 Å². The van der Waals surface area contributed by atoms with Crippen molar-refractivity contribution in [2.75, 3.05) is 13.2 Å². The lowest BCUT2D eigenvalue weighted by Gasteiger charge is -2.58. The number of hydrogen-bond acceptors (Lipinski definition) is 5. The summed E-state index contributed by atoms with van der Waals surface area (Å²) >= 11 is 0. The van der Waals surface area contributed by atoms with Crippen molar-refractivity contribution < 1.29 is 23.8 Å². The summed E-state index contributed by atoms with van der Waals surface area (Å²) in [6.45, 7) is 15.8. The SMILES string of the molecule is CCCCCOC(=O)c1ccc(-c2ccc(OCCCCCC(=O)OC3CC[C@@]4(C)C(=CC[C@H]5[C@@H]6CC[C@H]([C@H](C)CCCC(C)C)[C@@]6(C)CC[C@@H]54)C3)cc2)cc1. The maximum Gasteiger partial charge on any atom is 0.338 e. The number of rotatable bonds is 19. The molecule has 8 atom stereocenters. The van der Waals surface area contributed by atoms with Crippen LogP contribution in [0.5, 0.6) is 5.75 Å². The smallest absolute Gasteiger partial charge is 0.338 e. The number of fused-ring (bicyclic) bond motifs is 5. The summed E-state index contributed by atoms with van der Waals surface area (Å²) in [7, 11) is 0. The van der Waals surface area contributed by atoms with Gasteiger partial charge in [0.15, 0.2) is 0 Å². The molecule has 0 amide bonds. The van der Waals surface area contributed by atoms with Gasteiger partial charge < -0.3 is 14.2 Å². The van der Waals surface area contributed by atoms with Crippen LogP contribution in [0.2, 0.25) is 0 Å². The second kappa shape index (κ2) is 19.6. The topological polar surface area (TPSA) is 61.8 Å². The first-order valence-corrected chi connectivity index (χ1v) is 22.9. The van der Waals surface area contributed by atoms with Gasteiger partial charge in [0.2, 0.25) is 0 Å². The molecule has 3 saturated carbocycles. The Morgan fingerprint density at radius 3 is 2.23 bits per heavy atom. The fraction of sp³-hybridized carbons (Fsp3) is 0.686. The summed E-state index contributed by atoms with van der Waals surface area (Å²) in [5.74, 6) is 5.62. The van der Waals surface area contributed by atoms with Crippen molar-refractivity contribution in [2.45, 2.75) is 163 Å². The van der Waals surface area contributed by atoms with Crippen LogP contribution in [0.1, 0.15) is 167 Å². The third kappa shape index (κ3) is 10.1. The number of carbonyl (C=O) groups is 2. The van der Waals surface area contributed by atoms with Crippen LogP contribution in [0.25, 0.3) is 11.1 Å². The first kappa shape index (κ1) is 42.5. The Hall–Kier alpha value is -3.08. The predicted octanol–water partition coefficient (Wildman–Crippen LogP) is 13.6. The van der Waals surface area contributed by atoms with Crippen LogP contribution < -0.4 is 4.74 Å². The number of carbonyl (C=O) groups excluding carboxylic acids is 2. The van der Waals surface area contributed by atoms with E-state index in [4.69, 9.17) is 14.2 Å². The normalized spacial score (nSPS) is 28.8. The minimum absolute atomic E-state index is 0.0331. The Bertz CT molecular complexity index is 1590. The van der Waals surface area contributed by atoms with Gasteiger partial charge in [-0.3, -0.25) is 4.79 Å². The van der Waals surface area contributed by atoms with E-state index in [9.17, 15) is 9.59 Å². The molecule has 0 aliphatic heterocycles. The molecular weight excluding hydrogens is 693 g/mol. The third-order valence-corrected chi connectivity index (χ3v) is 15.1. The number of unbranched alkanes of at least 4 members (excludes halogenated alkanes) is 4. The molecule has 0 bridgehead atoms. The van der Waals surface area contributed by atoms with E-state index in [0.29, 0.717) is 30.6 Å². The highest BCUT2D eigenvalue weighted by atomic mass is 16.5. The summed E-state index contributed by atoms with van der Waals surface area (Å²) in [5.41, 5.74) is 5.10. The van der Waals surface area contributed by atoms with Gasteiger partial charge in [0, 0.05) is 12.8 Å². The van der Waals surface area contributed by atoms with Gasteiger partial charge in [0.05, 0.1) is 18.8 Å². The van der Waals surface area contributed by atoms with Crippen LogP contribution in [-0.2, 0) is 14.3 Å². The predicted molar refractivity (Wildman–Crippen MR) is 229 cm³/mol. The zero-order valence-electron chi connectivity index (χ0n) is 35.9. The number of esters is 2. The van der Waals surface area contributed by atoms with Gasteiger partial charge in [-0.2, -0.15) is 0 Å². The van der Waals surface area contributed by atoms with Gasteiger partial charge in [-0.1, -0.05) is 110 Å². The molecule has 5 heteroatoms. The van der Waals surface area contributed by atoms with Crippen LogP contribution in [0.15, 0.2) is 60.2 Å². The lowest BCUT2D eigenvalue weighted by Crippen LogP contribution is -2.51. The average Bonchev–Trinajstić information content (AvgIpc) is 3.55. The van der Waals surface area contributed by atoms with Gasteiger partial charge in [0.25, 0.3) is 0 Å². The summed E-state index contributed by atoms with van der Waals surface area (Å²) in [6.07, 6.45) is 23.1. The monoisotopic (exact) mass is 767 g/mol. The molecule has 4 aliphatic carbocycles. The molecule has 0 aromatic heterocycles. The maximum atomic E-state index is 12.9. The summed E-state index contributed by atoms with van der Waals surface area (Å²) < 4.78 is 17.5. The highest BCUT2D eigenvalue weighted by Crippen LogP contribution is 2.67. The molecule has 0 spiro atoms. The maximum absolute atomic E-state index is 12.9. The molecular formula is C51H74O5. The molecule has 56 heavy (non-hydrogen) atoms. The molecule has 1 unspecified atom stereocenters. The van der Waals surface area contributed by atoms with E-state index >= 15 is 0 Å². The molecule has 308 valence electrons. The van der Waals surface area contributed by atoms with Gasteiger partial charge in [-0.05, 0) is 152 Å². The number of allylic oxidation sites excluding steroid dienone is 1. The van der Waals surface area contributed by atoms with E-state index < -0.39 is 0 Å². The highest BCUT2D eigenvalue weighted by molar-refractivity contribution is 5.90. The first-order valence-electron chi connectivity index (χ1n) is 22.9. The molecule has 2 aromatic rings. The Kier molecular flexibility index (Phi) is 14.9. The van der Waals surface area contributed by atoms with Crippen LogP contribution in [0.4, 0.5) is 0 Å². The minimum Gasteiger partial charge on any atom is -0.494 e. The van der Waals surface area contributed by atoms with Crippen molar-refractivity contribution in [2.24, 2.45) is 46.3 Å². The summed E-state index contributed by atoms with van der Waals surface area (Å²) in [6, 6.07) is 15.7. The number of ether oxygens (including phenoxy) is 3. The van der Waals surface area contributed by atoms with E-state index in [1.54, 1.807) is 5.57 Å². The zero-order chi connectivity index (χ0) is 39.7. The molecule has 2 aromatic carbocycles. The van der Waals surface area contributed by atoms with E-state index in [1.807, 2.05) is 48.5 Å². The molecule has 6 rings (SSSR count). The lowest BCUT2D eigenvalue weighted by molar-refractivity contribution is -0.151. The average molecular weight is 767 g/mol. The second-order valence-electron chi connectivity index (χ2n) is 19.2. The first-order chi connectivity index (χ1) is 27.0. The molecule has 0 radical (unpaired) electrons. The van der Waals surface area contributed by atoms with Crippen molar-refractivity contribution in [3.63, 3.8) is 0 Å². The largest absolute Gasteiger partial charge is 0.494 e. The Balaban J connectivity index is 0.880. The van der Waals surface area contributed by atoms with Crippen molar-refractivity contribution in [3.8, 4) is 16.9 Å². The third-order valence-electron chi connectivity index (χ3n) is 15.1. The van der Waals surface area contributed by atoms with Gasteiger partial charge in [0.1, 0.15) is 11.9 Å². The van der Waals surface area contributed by atoms with Crippen molar-refractivity contribution in [1.29, 1.82) is 0 Å². The Labute approximate surface area is 340 Å². The van der Waals surface area contributed by atoms with Crippen LogP contribution >= 0.6 is 0 Å². The molecule has 4 aliphatic rings. The number of hydrogen-bond donors (Lipinski definition) is 0. The van der Waals surface area contributed by atoms with Crippen LogP contribution in [0.3, 0.4) is 0 Å². The van der Waals surface area contributed by atoms with E-state index in [-0.39, 0.29) is 23.5 Å². The van der Waals surface area contributed by atoms with Crippen molar-refractivity contribution in [3.05, 3.63) is 65.7 Å². The van der Waals surface area contributed by atoms with Crippen LogP contribution in [0, 0.1) is 46.3 Å². The van der Waals surface area contributed by atoms with Crippen LogP contribution in [-0.4, -0.2) is 31.3 Å². The highest BCUT2D eigenvalue weighted by Gasteiger charge is 2.59. The molecule has 3 fully saturated rings. The number of benzene rings is 2. The Morgan fingerprint density at radius 1 is 0.768 bits per heavy atom. The van der Waals surface area contributed by atoms with Gasteiger partial charge in [-0.25, -0.2) is 4.79 Å². The fourth-order valence-corrected chi connectivity index (χ4v) is 11.9. The van der Waals surface area contributed by atoms with Gasteiger partial charge >= 0.3 is 11.9 Å².